The van der Waals surface area contributed by atoms with Gasteiger partial charge in [0.1, 0.15) is 0 Å². The monoisotopic (exact) mass is 568 g/mol. The Morgan fingerprint density at radius 2 is 1.00 bits per heavy atom. The van der Waals surface area contributed by atoms with Crippen LogP contribution in [0.2, 0.25) is 0 Å². The summed E-state index contributed by atoms with van der Waals surface area (Å²) in [6.45, 7) is 0. The number of hydrogen-bond acceptors (Lipinski definition) is 7. The van der Waals surface area contributed by atoms with E-state index >= 15 is 0 Å². The van der Waals surface area contributed by atoms with Crippen LogP contribution in [0, 0.1) is 0 Å². The van der Waals surface area contributed by atoms with E-state index in [1.165, 1.54) is 0 Å². The van der Waals surface area contributed by atoms with E-state index < -0.39 is 15.6 Å². The van der Waals surface area contributed by atoms with Gasteiger partial charge in [0.25, 0.3) is 0 Å². The Morgan fingerprint density at radius 3 is 1.00 bits per heavy atom. The molecule has 0 aromatic rings. The Morgan fingerprint density at radius 1 is 0.818 bits per heavy atom. The minimum Gasteiger partial charge on any atom is -0.790 e. The van der Waals surface area contributed by atoms with Crippen LogP contribution in [0.3, 0.4) is 0 Å². The van der Waals surface area contributed by atoms with Gasteiger partial charge in [-0.1, -0.05) is 0 Å². The minimum absolute atomic E-state index is 0. The summed E-state index contributed by atoms with van der Waals surface area (Å²) in [6, 6.07) is 0. The summed E-state index contributed by atoms with van der Waals surface area (Å²) in [6.07, 6.45) is 0. The molecule has 0 aliphatic carbocycles. The summed E-state index contributed by atoms with van der Waals surface area (Å²) in [4.78, 5) is 37.3. The topological polar surface area (TPSA) is 136 Å². The van der Waals surface area contributed by atoms with Gasteiger partial charge in [0.05, 0.1) is 15.6 Å². The van der Waals surface area contributed by atoms with Gasteiger partial charge in [-0.15, -0.1) is 0 Å². The molecule has 0 saturated heterocycles. The maximum atomic E-state index is 9.32. The predicted molar refractivity (Wildman–Crippen MR) is 16.3 cm³/mol. The molecule has 0 spiro atoms. The standard InChI is InChI=1S/2Au.H4O7P2/c;;1-8(2,3)7-9(4,5)6/h;;(H2,1,2,3)(H2,4,5,6)/q2*+2;/p-4. The summed E-state index contributed by atoms with van der Waals surface area (Å²) in [7, 11) is -11.4. The van der Waals surface area contributed by atoms with E-state index in [9.17, 15) is 28.7 Å². The maximum Gasteiger partial charge on any atom is 2.00 e. The molecule has 0 amide bonds. The van der Waals surface area contributed by atoms with Gasteiger partial charge in [-0.2, -0.15) is 0 Å². The summed E-state index contributed by atoms with van der Waals surface area (Å²) >= 11 is 0. The van der Waals surface area contributed by atoms with Gasteiger partial charge in [-0.3, -0.25) is 0 Å². The zero-order valence-corrected chi connectivity index (χ0v) is 10.5. The summed E-state index contributed by atoms with van der Waals surface area (Å²) in [5.74, 6) is 0. The fourth-order valence-electron chi connectivity index (χ4n) is 0.122. The van der Waals surface area contributed by atoms with Crippen molar-refractivity contribution >= 4 is 15.6 Å². The second kappa shape index (κ2) is 6.23. The molecule has 74 valence electrons. The number of rotatable bonds is 2. The molecule has 0 fully saturated rings. The molecule has 11 heteroatoms. The third-order valence-corrected chi connectivity index (χ3v) is 1.80. The molecule has 0 aliphatic rings. The molecule has 0 atom stereocenters. The largest absolute Gasteiger partial charge is 2.00 e. The first-order valence-electron chi connectivity index (χ1n) is 1.46. The van der Waals surface area contributed by atoms with Crippen molar-refractivity contribution in [3.63, 3.8) is 0 Å². The molecule has 0 saturated carbocycles. The van der Waals surface area contributed by atoms with E-state index in [2.05, 4.69) is 4.31 Å². The zero-order valence-electron chi connectivity index (χ0n) is 4.36. The van der Waals surface area contributed by atoms with Crippen LogP contribution in [0.15, 0.2) is 0 Å². The smallest absolute Gasteiger partial charge is 0.790 e. The van der Waals surface area contributed by atoms with Crippen LogP contribution >= 0.6 is 15.6 Å². The van der Waals surface area contributed by atoms with Crippen molar-refractivity contribution in [1.82, 2.24) is 0 Å². The van der Waals surface area contributed by atoms with Crippen LogP contribution < -0.4 is 19.6 Å². The van der Waals surface area contributed by atoms with E-state index in [4.69, 9.17) is 0 Å². The number of hydrogen-bond donors (Lipinski definition) is 0. The zero-order chi connectivity index (χ0) is 7.71. The second-order valence-corrected chi connectivity index (χ2v) is 3.42. The van der Waals surface area contributed by atoms with Crippen molar-refractivity contribution in [2.75, 3.05) is 0 Å². The van der Waals surface area contributed by atoms with Gasteiger partial charge < -0.3 is 33.0 Å². The molecular formula is Au2O7P2. The van der Waals surface area contributed by atoms with Crippen molar-refractivity contribution in [2.45, 2.75) is 0 Å². The molecule has 0 aromatic carbocycles. The fraction of sp³-hybridized carbons (Fsp3) is 0. The van der Waals surface area contributed by atoms with Gasteiger partial charge in [0.15, 0.2) is 0 Å². The Hall–Kier alpha value is 1.74. The average Bonchev–Trinajstić information content (AvgIpc) is 1.14. The Balaban J connectivity index is -0.000000320. The number of phosphoric acid groups is 2. The van der Waals surface area contributed by atoms with Crippen molar-refractivity contribution in [3.8, 4) is 0 Å². The Bertz CT molecular complexity index is 155. The van der Waals surface area contributed by atoms with E-state index in [1.54, 1.807) is 0 Å². The predicted octanol–water partition coefficient (Wildman–Crippen LogP) is -3.34. The van der Waals surface area contributed by atoms with Crippen LogP contribution in [-0.4, -0.2) is 0 Å². The van der Waals surface area contributed by atoms with Crippen molar-refractivity contribution < 1.29 is 77.8 Å². The molecule has 0 bridgehead atoms. The van der Waals surface area contributed by atoms with Crippen LogP contribution in [0.1, 0.15) is 0 Å². The van der Waals surface area contributed by atoms with Gasteiger partial charge in [0, 0.05) is 0 Å². The normalized spacial score (nSPS) is 11.3. The van der Waals surface area contributed by atoms with Gasteiger partial charge in [-0.05, 0) is 0 Å². The first-order valence-corrected chi connectivity index (χ1v) is 4.38. The SMILES string of the molecule is O=P([O-])([O-])OP(=O)([O-])[O-].[Au+2].[Au+2]. The molecule has 0 rings (SSSR count). The first-order chi connectivity index (χ1) is 3.71. The second-order valence-electron chi connectivity index (χ2n) is 0.976. The molecular weight excluding hydrogens is 568 g/mol. The van der Waals surface area contributed by atoms with Crippen LogP contribution in [0.5, 0.6) is 0 Å². The van der Waals surface area contributed by atoms with Gasteiger partial charge in [-0.25, -0.2) is 0 Å². The summed E-state index contributed by atoms with van der Waals surface area (Å²) in [5.41, 5.74) is 0. The molecule has 2 radical (unpaired) electrons. The molecule has 7 nitrogen and oxygen atoms in total. The molecule has 0 heterocycles. The minimum atomic E-state index is -5.68. The van der Waals surface area contributed by atoms with Gasteiger partial charge in [0.2, 0.25) is 0 Å². The van der Waals surface area contributed by atoms with Crippen molar-refractivity contribution in [1.29, 1.82) is 0 Å². The van der Waals surface area contributed by atoms with E-state index in [1.807, 2.05) is 0 Å². The quantitative estimate of drug-likeness (QED) is 0.251. The van der Waals surface area contributed by atoms with Crippen LogP contribution in [-0.2, 0) is 58.2 Å². The van der Waals surface area contributed by atoms with E-state index in [-0.39, 0.29) is 44.8 Å². The summed E-state index contributed by atoms with van der Waals surface area (Å²) in [5, 5.41) is 0. The molecule has 0 aromatic heterocycles. The van der Waals surface area contributed by atoms with Crippen LogP contribution in [0.4, 0.5) is 0 Å². The van der Waals surface area contributed by atoms with E-state index in [0.29, 0.717) is 0 Å². The third-order valence-electron chi connectivity index (χ3n) is 0.200. The van der Waals surface area contributed by atoms with Crippen molar-refractivity contribution in [2.24, 2.45) is 0 Å². The fourth-order valence-corrected chi connectivity index (χ4v) is 1.10. The Kier molecular flexibility index (Phi) is 10.5. The van der Waals surface area contributed by atoms with Gasteiger partial charge >= 0.3 is 44.8 Å². The van der Waals surface area contributed by atoms with Crippen LogP contribution in [0.25, 0.3) is 0 Å². The maximum absolute atomic E-state index is 9.32. The average molecular weight is 568 g/mol. The third kappa shape index (κ3) is 18.6. The molecule has 0 N–H and O–H groups in total. The molecule has 11 heavy (non-hydrogen) atoms. The van der Waals surface area contributed by atoms with E-state index in [0.717, 1.165) is 0 Å². The molecule has 0 aliphatic heterocycles. The summed E-state index contributed by atoms with van der Waals surface area (Å²) < 4.78 is 21.2. The van der Waals surface area contributed by atoms with Crippen molar-refractivity contribution in [3.05, 3.63) is 0 Å². The first kappa shape index (κ1) is 18.5. The Labute approximate surface area is 93.0 Å². The molecule has 0 unspecified atom stereocenters.